The van der Waals surface area contributed by atoms with E-state index in [2.05, 4.69) is 13.8 Å². The minimum Gasteiger partial charge on any atom is -0.378 e. The number of halogens is 3. The van der Waals surface area contributed by atoms with Crippen LogP contribution in [0.15, 0.2) is 24.3 Å². The topological polar surface area (TPSA) is 32.8 Å². The average molecular weight is 431 g/mol. The van der Waals surface area contributed by atoms with E-state index in [4.69, 9.17) is 4.74 Å². The Bertz CT molecular complexity index is 675. The van der Waals surface area contributed by atoms with Gasteiger partial charge < -0.3 is 14.5 Å². The number of carbonyl (C=O) groups excluding carboxylic acids is 1. The lowest BCUT2D eigenvalue weighted by atomic mass is 9.85. The minimum absolute atomic E-state index is 0.0180. The standard InChI is InChI=1S/C21H29F3N2O2S/c1-15(2)29-14-16-11-18(17-3-5-19(6-4-17)21(22,23)24)13-26(12-16)20(27)25-7-9-28-10-8-25/h3-6,15-16,18H,7-14H2,1-2H3. The molecule has 0 aromatic heterocycles. The predicted molar refractivity (Wildman–Crippen MR) is 109 cm³/mol. The average Bonchev–Trinajstić information content (AvgIpc) is 2.71. The van der Waals surface area contributed by atoms with Crippen molar-refractivity contribution in [2.24, 2.45) is 5.92 Å². The van der Waals surface area contributed by atoms with E-state index in [9.17, 15) is 18.0 Å². The first kappa shape index (κ1) is 22.3. The van der Waals surface area contributed by atoms with Crippen LogP contribution < -0.4 is 0 Å². The molecule has 0 saturated carbocycles. The van der Waals surface area contributed by atoms with Crippen LogP contribution in [0, 0.1) is 5.92 Å². The first-order chi connectivity index (χ1) is 13.7. The van der Waals surface area contributed by atoms with Gasteiger partial charge >= 0.3 is 12.2 Å². The summed E-state index contributed by atoms with van der Waals surface area (Å²) in [5, 5.41) is 0.504. The summed E-state index contributed by atoms with van der Waals surface area (Å²) in [6.07, 6.45) is -3.45. The lowest BCUT2D eigenvalue weighted by Gasteiger charge is -2.41. The zero-order valence-electron chi connectivity index (χ0n) is 17.0. The summed E-state index contributed by atoms with van der Waals surface area (Å²) in [6, 6.07) is 5.46. The Labute approximate surface area is 174 Å². The molecule has 2 unspecified atom stereocenters. The quantitative estimate of drug-likeness (QED) is 0.694. The van der Waals surface area contributed by atoms with Gasteiger partial charge in [-0.15, -0.1) is 0 Å². The zero-order valence-corrected chi connectivity index (χ0v) is 17.8. The van der Waals surface area contributed by atoms with Crippen LogP contribution in [0.4, 0.5) is 18.0 Å². The van der Waals surface area contributed by atoms with E-state index in [1.807, 2.05) is 21.6 Å². The fourth-order valence-corrected chi connectivity index (χ4v) is 4.85. The molecular formula is C21H29F3N2O2S. The maximum absolute atomic E-state index is 13.0. The molecule has 29 heavy (non-hydrogen) atoms. The molecule has 1 aromatic carbocycles. The molecule has 2 heterocycles. The first-order valence-corrected chi connectivity index (χ1v) is 11.2. The number of hydrogen-bond donors (Lipinski definition) is 0. The van der Waals surface area contributed by atoms with Gasteiger partial charge in [-0.3, -0.25) is 0 Å². The molecule has 4 nitrogen and oxygen atoms in total. The fourth-order valence-electron chi connectivity index (χ4n) is 3.95. The van der Waals surface area contributed by atoms with E-state index in [1.165, 1.54) is 0 Å². The number of nitrogens with zero attached hydrogens (tertiary/aromatic N) is 2. The Morgan fingerprint density at radius 1 is 1.14 bits per heavy atom. The van der Waals surface area contributed by atoms with Crippen molar-refractivity contribution in [2.45, 2.75) is 37.6 Å². The van der Waals surface area contributed by atoms with E-state index in [0.29, 0.717) is 50.6 Å². The predicted octanol–water partition coefficient (Wildman–Crippen LogP) is 4.70. The molecule has 0 bridgehead atoms. The Morgan fingerprint density at radius 3 is 2.38 bits per heavy atom. The number of piperidine rings is 1. The molecule has 0 radical (unpaired) electrons. The Hall–Kier alpha value is -1.41. The van der Waals surface area contributed by atoms with Crippen molar-refractivity contribution < 1.29 is 22.7 Å². The SMILES string of the molecule is CC(C)SCC1CC(c2ccc(C(F)(F)F)cc2)CN(C(=O)N2CCOCC2)C1. The summed E-state index contributed by atoms with van der Waals surface area (Å²) in [5.41, 5.74) is 0.238. The number of carbonyl (C=O) groups is 1. The van der Waals surface area contributed by atoms with Crippen molar-refractivity contribution >= 4 is 17.8 Å². The maximum atomic E-state index is 13.0. The number of urea groups is 1. The number of amides is 2. The van der Waals surface area contributed by atoms with Crippen LogP contribution in [0.5, 0.6) is 0 Å². The van der Waals surface area contributed by atoms with Crippen LogP contribution in [0.3, 0.4) is 0 Å². The van der Waals surface area contributed by atoms with E-state index in [0.717, 1.165) is 29.9 Å². The number of morpholine rings is 1. The third-order valence-corrected chi connectivity index (χ3v) is 6.79. The summed E-state index contributed by atoms with van der Waals surface area (Å²) in [4.78, 5) is 16.8. The first-order valence-electron chi connectivity index (χ1n) is 10.1. The van der Waals surface area contributed by atoms with E-state index in [1.54, 1.807) is 12.1 Å². The van der Waals surface area contributed by atoms with Gasteiger partial charge in [0, 0.05) is 32.1 Å². The van der Waals surface area contributed by atoms with E-state index >= 15 is 0 Å². The zero-order chi connectivity index (χ0) is 21.0. The van der Waals surface area contributed by atoms with Crippen LogP contribution in [-0.2, 0) is 10.9 Å². The van der Waals surface area contributed by atoms with Crippen molar-refractivity contribution in [3.63, 3.8) is 0 Å². The molecule has 162 valence electrons. The maximum Gasteiger partial charge on any atom is 0.416 e. The van der Waals surface area contributed by atoms with Crippen LogP contribution in [-0.4, -0.2) is 66.2 Å². The van der Waals surface area contributed by atoms with Crippen molar-refractivity contribution in [1.82, 2.24) is 9.80 Å². The molecule has 1 aromatic rings. The molecule has 2 atom stereocenters. The summed E-state index contributed by atoms with van der Waals surface area (Å²) in [6.45, 7) is 7.83. The smallest absolute Gasteiger partial charge is 0.378 e. The third-order valence-electron chi connectivity index (χ3n) is 5.46. The molecule has 2 fully saturated rings. The van der Waals surface area contributed by atoms with Crippen LogP contribution >= 0.6 is 11.8 Å². The minimum atomic E-state index is -4.33. The molecule has 0 N–H and O–H groups in total. The van der Waals surface area contributed by atoms with Gasteiger partial charge in [-0.25, -0.2) is 4.79 Å². The molecule has 0 aliphatic carbocycles. The number of likely N-dealkylation sites (tertiary alicyclic amines) is 1. The van der Waals surface area contributed by atoms with Crippen molar-refractivity contribution in [3.05, 3.63) is 35.4 Å². The molecule has 2 saturated heterocycles. The van der Waals surface area contributed by atoms with E-state index < -0.39 is 11.7 Å². The lowest BCUT2D eigenvalue weighted by molar-refractivity contribution is -0.137. The van der Waals surface area contributed by atoms with E-state index in [-0.39, 0.29) is 11.9 Å². The molecule has 8 heteroatoms. The molecule has 0 spiro atoms. The van der Waals surface area contributed by atoms with Gasteiger partial charge in [0.2, 0.25) is 0 Å². The Morgan fingerprint density at radius 2 is 1.79 bits per heavy atom. The highest BCUT2D eigenvalue weighted by Crippen LogP contribution is 2.35. The molecule has 2 amide bonds. The van der Waals surface area contributed by atoms with Gasteiger partial charge in [0.05, 0.1) is 18.8 Å². The number of alkyl halides is 3. The number of ether oxygens (including phenoxy) is 1. The van der Waals surface area contributed by atoms with Crippen LogP contribution in [0.2, 0.25) is 0 Å². The van der Waals surface area contributed by atoms with Crippen molar-refractivity contribution in [1.29, 1.82) is 0 Å². The Kier molecular flexibility index (Phi) is 7.37. The summed E-state index contributed by atoms with van der Waals surface area (Å²) >= 11 is 1.87. The van der Waals surface area contributed by atoms with Gasteiger partial charge in [0.1, 0.15) is 0 Å². The molecule has 3 rings (SSSR count). The molecule has 2 aliphatic rings. The second-order valence-electron chi connectivity index (χ2n) is 8.09. The van der Waals surface area contributed by atoms with Crippen LogP contribution in [0.1, 0.15) is 37.3 Å². The number of rotatable bonds is 4. The monoisotopic (exact) mass is 430 g/mol. The molecular weight excluding hydrogens is 401 g/mol. The third kappa shape index (κ3) is 6.04. The second kappa shape index (κ2) is 9.60. The van der Waals surface area contributed by atoms with Gasteiger partial charge in [-0.2, -0.15) is 24.9 Å². The normalized spacial score (nSPS) is 23.5. The van der Waals surface area contributed by atoms with Crippen LogP contribution in [0.25, 0.3) is 0 Å². The second-order valence-corrected chi connectivity index (χ2v) is 9.70. The largest absolute Gasteiger partial charge is 0.416 e. The van der Waals surface area contributed by atoms with Crippen molar-refractivity contribution in [3.8, 4) is 0 Å². The Balaban J connectivity index is 1.75. The number of benzene rings is 1. The number of thioether (sulfide) groups is 1. The van der Waals surface area contributed by atoms with Gasteiger partial charge in [0.15, 0.2) is 0 Å². The highest BCUT2D eigenvalue weighted by Gasteiger charge is 2.34. The van der Waals surface area contributed by atoms with Gasteiger partial charge in [-0.05, 0) is 41.0 Å². The van der Waals surface area contributed by atoms with Gasteiger partial charge in [-0.1, -0.05) is 26.0 Å². The summed E-state index contributed by atoms with van der Waals surface area (Å²) < 4.78 is 44.1. The molecule has 2 aliphatic heterocycles. The summed E-state index contributed by atoms with van der Waals surface area (Å²) in [5.74, 6) is 1.32. The highest BCUT2D eigenvalue weighted by molar-refractivity contribution is 7.99. The number of hydrogen-bond acceptors (Lipinski definition) is 3. The van der Waals surface area contributed by atoms with Gasteiger partial charge in [0.25, 0.3) is 0 Å². The highest BCUT2D eigenvalue weighted by atomic mass is 32.2. The van der Waals surface area contributed by atoms with Crippen molar-refractivity contribution in [2.75, 3.05) is 45.1 Å². The lowest BCUT2D eigenvalue weighted by Crippen LogP contribution is -2.52. The summed E-state index contributed by atoms with van der Waals surface area (Å²) in [7, 11) is 0. The fraction of sp³-hybridized carbons (Fsp3) is 0.667.